The summed E-state index contributed by atoms with van der Waals surface area (Å²) < 4.78 is 2.70. The van der Waals surface area contributed by atoms with Crippen molar-refractivity contribution in [2.75, 3.05) is 5.32 Å². The van der Waals surface area contributed by atoms with Gasteiger partial charge in [-0.1, -0.05) is 0 Å². The van der Waals surface area contributed by atoms with Crippen LogP contribution in [0.2, 0.25) is 0 Å². The van der Waals surface area contributed by atoms with Crippen molar-refractivity contribution < 1.29 is 0 Å². The number of hydrogen-bond donors (Lipinski definition) is 1. The minimum absolute atomic E-state index is 0.540. The molecule has 6 nitrogen and oxygen atoms in total. The van der Waals surface area contributed by atoms with Crippen molar-refractivity contribution in [2.24, 2.45) is 7.05 Å². The molecule has 1 aliphatic rings. The van der Waals surface area contributed by atoms with Gasteiger partial charge in [0.05, 0.1) is 6.54 Å². The number of nitrogens with one attached hydrogen (secondary N) is 1. The van der Waals surface area contributed by atoms with Crippen LogP contribution in [0.25, 0.3) is 0 Å². The van der Waals surface area contributed by atoms with Crippen molar-refractivity contribution in [3.05, 3.63) is 28.6 Å². The van der Waals surface area contributed by atoms with Crippen molar-refractivity contribution >= 4 is 21.7 Å². The maximum Gasteiger partial charge on any atom is 0.151 e. The van der Waals surface area contributed by atoms with E-state index in [1.165, 1.54) is 12.8 Å². The lowest BCUT2D eigenvalue weighted by atomic mass is 10.4. The molecule has 1 N–H and O–H groups in total. The SMILES string of the molecule is Cn1cnnc1CNc1cc(Br)nc(C2CC2)n1. The van der Waals surface area contributed by atoms with Crippen LogP contribution in [0, 0.1) is 0 Å². The molecular weight excluding hydrogens is 296 g/mol. The summed E-state index contributed by atoms with van der Waals surface area (Å²) >= 11 is 3.42. The largest absolute Gasteiger partial charge is 0.363 e. The van der Waals surface area contributed by atoms with Gasteiger partial charge in [0.1, 0.15) is 22.6 Å². The van der Waals surface area contributed by atoms with E-state index in [1.807, 2.05) is 17.7 Å². The molecule has 94 valence electrons. The summed E-state index contributed by atoms with van der Waals surface area (Å²) in [6.07, 6.45) is 4.07. The van der Waals surface area contributed by atoms with E-state index in [2.05, 4.69) is 41.4 Å². The van der Waals surface area contributed by atoms with Crippen LogP contribution >= 0.6 is 15.9 Å². The van der Waals surface area contributed by atoms with Crippen LogP contribution in [0.1, 0.15) is 30.4 Å². The molecule has 2 aromatic rings. The maximum atomic E-state index is 4.52. The third-order valence-corrected chi connectivity index (χ3v) is 3.29. The number of halogens is 1. The fourth-order valence-corrected chi connectivity index (χ4v) is 2.09. The highest BCUT2D eigenvalue weighted by atomic mass is 79.9. The Morgan fingerprint density at radius 3 is 2.94 bits per heavy atom. The molecule has 0 aromatic carbocycles. The predicted molar refractivity (Wildman–Crippen MR) is 70.0 cm³/mol. The Hall–Kier alpha value is -1.50. The van der Waals surface area contributed by atoms with Gasteiger partial charge in [0.15, 0.2) is 5.82 Å². The quantitative estimate of drug-likeness (QED) is 0.873. The van der Waals surface area contributed by atoms with Gasteiger partial charge < -0.3 is 9.88 Å². The van der Waals surface area contributed by atoms with Crippen LogP contribution in [0.4, 0.5) is 5.82 Å². The summed E-state index contributed by atoms with van der Waals surface area (Å²) in [5.41, 5.74) is 0. The van der Waals surface area contributed by atoms with E-state index in [-0.39, 0.29) is 0 Å². The zero-order valence-electron chi connectivity index (χ0n) is 9.97. The fraction of sp³-hybridized carbons (Fsp3) is 0.455. The molecule has 0 bridgehead atoms. The Kier molecular flexibility index (Phi) is 2.99. The molecule has 0 unspecified atom stereocenters. The van der Waals surface area contributed by atoms with E-state index >= 15 is 0 Å². The molecule has 0 radical (unpaired) electrons. The first-order chi connectivity index (χ1) is 8.72. The van der Waals surface area contributed by atoms with E-state index in [9.17, 15) is 0 Å². The van der Waals surface area contributed by atoms with Crippen LogP contribution in [-0.2, 0) is 13.6 Å². The minimum atomic E-state index is 0.540. The topological polar surface area (TPSA) is 68.5 Å². The van der Waals surface area contributed by atoms with Crippen LogP contribution in [-0.4, -0.2) is 24.7 Å². The summed E-state index contributed by atoms with van der Waals surface area (Å²) in [6, 6.07) is 1.88. The van der Waals surface area contributed by atoms with Crippen molar-refractivity contribution in [1.29, 1.82) is 0 Å². The first-order valence-corrected chi connectivity index (χ1v) is 6.63. The normalized spacial score (nSPS) is 14.8. The number of nitrogens with zero attached hydrogens (tertiary/aromatic N) is 5. The van der Waals surface area contributed by atoms with E-state index in [4.69, 9.17) is 0 Å². The second-order valence-electron chi connectivity index (χ2n) is 4.42. The van der Waals surface area contributed by atoms with Crippen LogP contribution < -0.4 is 5.32 Å². The van der Waals surface area contributed by atoms with Gasteiger partial charge in [-0.25, -0.2) is 9.97 Å². The minimum Gasteiger partial charge on any atom is -0.363 e. The number of aryl methyl sites for hydroxylation is 1. The average Bonchev–Trinajstić information content (AvgIpc) is 3.11. The molecule has 1 saturated carbocycles. The smallest absolute Gasteiger partial charge is 0.151 e. The van der Waals surface area contributed by atoms with Crippen molar-refractivity contribution in [2.45, 2.75) is 25.3 Å². The van der Waals surface area contributed by atoms with Gasteiger partial charge in [-0.2, -0.15) is 0 Å². The first kappa shape index (κ1) is 11.6. The Morgan fingerprint density at radius 1 is 1.44 bits per heavy atom. The van der Waals surface area contributed by atoms with E-state index in [0.717, 1.165) is 22.1 Å². The average molecular weight is 309 g/mol. The highest BCUT2D eigenvalue weighted by Gasteiger charge is 2.27. The molecule has 0 spiro atoms. The summed E-state index contributed by atoms with van der Waals surface area (Å²) in [6.45, 7) is 0.601. The molecule has 0 aliphatic heterocycles. The van der Waals surface area contributed by atoms with Crippen LogP contribution in [0.3, 0.4) is 0 Å². The summed E-state index contributed by atoms with van der Waals surface area (Å²) in [5.74, 6) is 3.15. The van der Waals surface area contributed by atoms with E-state index in [1.54, 1.807) is 6.33 Å². The highest BCUT2D eigenvalue weighted by molar-refractivity contribution is 9.10. The lowest BCUT2D eigenvalue weighted by Crippen LogP contribution is -2.08. The lowest BCUT2D eigenvalue weighted by Gasteiger charge is -2.07. The molecule has 1 aliphatic carbocycles. The molecule has 7 heteroatoms. The Labute approximate surface area is 113 Å². The van der Waals surface area contributed by atoms with Gasteiger partial charge in [-0.05, 0) is 28.8 Å². The molecule has 1 fully saturated rings. The Balaban J connectivity index is 1.74. The molecule has 0 atom stereocenters. The summed E-state index contributed by atoms with van der Waals surface area (Å²) in [5, 5.41) is 11.1. The van der Waals surface area contributed by atoms with E-state index in [0.29, 0.717) is 12.5 Å². The van der Waals surface area contributed by atoms with Crippen molar-refractivity contribution in [1.82, 2.24) is 24.7 Å². The molecule has 0 saturated heterocycles. The number of aromatic nitrogens is 5. The zero-order chi connectivity index (χ0) is 12.5. The van der Waals surface area contributed by atoms with Gasteiger partial charge in [0, 0.05) is 19.0 Å². The summed E-state index contributed by atoms with van der Waals surface area (Å²) in [7, 11) is 1.92. The van der Waals surface area contributed by atoms with Gasteiger partial charge in [0.2, 0.25) is 0 Å². The third-order valence-electron chi connectivity index (χ3n) is 2.89. The molecule has 18 heavy (non-hydrogen) atoms. The number of anilines is 1. The third kappa shape index (κ3) is 2.50. The van der Waals surface area contributed by atoms with Crippen LogP contribution in [0.5, 0.6) is 0 Å². The molecule has 2 aromatic heterocycles. The number of rotatable bonds is 4. The van der Waals surface area contributed by atoms with Gasteiger partial charge in [0.25, 0.3) is 0 Å². The highest BCUT2D eigenvalue weighted by Crippen LogP contribution is 2.38. The van der Waals surface area contributed by atoms with Crippen molar-refractivity contribution in [3.63, 3.8) is 0 Å². The first-order valence-electron chi connectivity index (χ1n) is 5.83. The van der Waals surface area contributed by atoms with E-state index < -0.39 is 0 Å². The Bertz CT molecular complexity index is 562. The standard InChI is InChI=1S/C11H13BrN6/c1-18-6-14-17-10(18)5-13-9-4-8(12)15-11(16-9)7-2-3-7/h4,6-7H,2-3,5H2,1H3,(H,13,15,16). The molecule has 2 heterocycles. The van der Waals surface area contributed by atoms with Gasteiger partial charge in [-0.15, -0.1) is 10.2 Å². The van der Waals surface area contributed by atoms with Gasteiger partial charge in [-0.3, -0.25) is 0 Å². The van der Waals surface area contributed by atoms with Crippen molar-refractivity contribution in [3.8, 4) is 0 Å². The monoisotopic (exact) mass is 308 g/mol. The number of hydrogen-bond acceptors (Lipinski definition) is 5. The zero-order valence-corrected chi connectivity index (χ0v) is 11.6. The lowest BCUT2D eigenvalue weighted by molar-refractivity contribution is 0.807. The predicted octanol–water partition coefficient (Wildman–Crippen LogP) is 1.86. The fourth-order valence-electron chi connectivity index (χ4n) is 1.69. The van der Waals surface area contributed by atoms with Gasteiger partial charge >= 0.3 is 0 Å². The second-order valence-corrected chi connectivity index (χ2v) is 5.23. The maximum absolute atomic E-state index is 4.52. The molecular formula is C11H13BrN6. The Morgan fingerprint density at radius 2 is 2.28 bits per heavy atom. The van der Waals surface area contributed by atoms with Crippen LogP contribution in [0.15, 0.2) is 17.0 Å². The summed E-state index contributed by atoms with van der Waals surface area (Å²) in [4.78, 5) is 8.91. The molecule has 3 rings (SSSR count). The molecule has 0 amide bonds. The second kappa shape index (κ2) is 4.64.